The van der Waals surface area contributed by atoms with Crippen LogP contribution < -0.4 is 16.7 Å². The van der Waals surface area contributed by atoms with Crippen LogP contribution in [0.3, 0.4) is 0 Å². The number of primary amides is 1. The van der Waals surface area contributed by atoms with Gasteiger partial charge in [-0.25, -0.2) is 0 Å². The summed E-state index contributed by atoms with van der Waals surface area (Å²) in [4.78, 5) is 41.9. The predicted molar refractivity (Wildman–Crippen MR) is 113 cm³/mol. The van der Waals surface area contributed by atoms with Crippen LogP contribution in [-0.2, 0) is 16.1 Å². The number of hydrogen-bond donors (Lipinski definition) is 3. The third kappa shape index (κ3) is 4.52. The first-order chi connectivity index (χ1) is 14.9. The topological polar surface area (TPSA) is 139 Å². The fraction of sp³-hybridized carbons (Fsp3) is 0.318. The molecule has 0 unspecified atom stereocenters. The van der Waals surface area contributed by atoms with Crippen LogP contribution in [0.1, 0.15) is 29.4 Å². The van der Waals surface area contributed by atoms with Crippen molar-refractivity contribution in [2.45, 2.75) is 18.9 Å². The van der Waals surface area contributed by atoms with Gasteiger partial charge in [0.2, 0.25) is 17.1 Å². The average molecular weight is 425 g/mol. The Hall–Kier alpha value is -3.43. The number of nitrogens with zero attached hydrogens (tertiary/aromatic N) is 1. The second kappa shape index (κ2) is 8.75. The number of ether oxygens (including phenoxy) is 1. The van der Waals surface area contributed by atoms with E-state index in [4.69, 9.17) is 14.9 Å². The molecule has 0 radical (unpaired) electrons. The Morgan fingerprint density at radius 2 is 1.94 bits per heavy atom. The van der Waals surface area contributed by atoms with Crippen LogP contribution in [-0.4, -0.2) is 47.2 Å². The van der Waals surface area contributed by atoms with Gasteiger partial charge in [0.1, 0.15) is 5.76 Å². The van der Waals surface area contributed by atoms with Crippen molar-refractivity contribution in [2.75, 3.05) is 26.3 Å². The predicted octanol–water partition coefficient (Wildman–Crippen LogP) is 1.03. The van der Waals surface area contributed by atoms with Gasteiger partial charge < -0.3 is 25.0 Å². The zero-order valence-corrected chi connectivity index (χ0v) is 16.8. The van der Waals surface area contributed by atoms with Crippen molar-refractivity contribution in [3.05, 3.63) is 74.1 Å². The zero-order valence-electron chi connectivity index (χ0n) is 16.8. The van der Waals surface area contributed by atoms with E-state index in [-0.39, 0.29) is 17.7 Å². The van der Waals surface area contributed by atoms with E-state index in [1.54, 1.807) is 24.3 Å². The Bertz CT molecular complexity index is 1230. The third-order valence-corrected chi connectivity index (χ3v) is 5.36. The van der Waals surface area contributed by atoms with Crippen molar-refractivity contribution in [2.24, 2.45) is 5.73 Å². The van der Waals surface area contributed by atoms with Gasteiger partial charge in [0.05, 0.1) is 25.7 Å². The molecule has 9 nitrogen and oxygen atoms in total. The molecule has 31 heavy (non-hydrogen) atoms. The molecule has 0 aliphatic carbocycles. The Kier molecular flexibility index (Phi) is 5.88. The number of hydrogen-bond acceptors (Lipinski definition) is 7. The van der Waals surface area contributed by atoms with E-state index in [9.17, 15) is 19.5 Å². The average Bonchev–Trinajstić information content (AvgIpc) is 2.75. The van der Waals surface area contributed by atoms with Gasteiger partial charge in [-0.3, -0.25) is 19.3 Å². The molecule has 3 heterocycles. The molecule has 1 aromatic carbocycles. The standard InChI is InChI=1S/C22H23N3O6/c23-19(27)11-15(16-9-13-3-1-2-4-17(13)24-22(16)29)21-20(28)18(26)10-14(31-21)12-25-5-7-30-8-6-25/h1-4,9-10,15,28H,5-8,11-12H2,(H2,23,27)(H,24,29)/t15-/m1/s1. The molecular weight excluding hydrogens is 402 g/mol. The number of H-pyrrole nitrogens is 1. The van der Waals surface area contributed by atoms with Crippen molar-refractivity contribution < 1.29 is 19.1 Å². The number of aromatic amines is 1. The molecule has 4 rings (SSSR count). The fourth-order valence-electron chi connectivity index (χ4n) is 3.82. The Morgan fingerprint density at radius 3 is 2.68 bits per heavy atom. The molecule has 1 atom stereocenters. The summed E-state index contributed by atoms with van der Waals surface area (Å²) in [6, 6.07) is 10.0. The lowest BCUT2D eigenvalue weighted by Gasteiger charge is -2.26. The normalized spacial score (nSPS) is 15.7. The highest BCUT2D eigenvalue weighted by molar-refractivity contribution is 5.80. The quantitative estimate of drug-likeness (QED) is 0.536. The highest BCUT2D eigenvalue weighted by Crippen LogP contribution is 2.32. The molecule has 4 N–H and O–H groups in total. The number of para-hydroxylation sites is 1. The minimum absolute atomic E-state index is 0.143. The number of aromatic nitrogens is 1. The number of carbonyl (C=O) groups is 1. The van der Waals surface area contributed by atoms with Crippen molar-refractivity contribution in [3.8, 4) is 5.75 Å². The second-order valence-corrected chi connectivity index (χ2v) is 7.54. The number of morpholine rings is 1. The number of fused-ring (bicyclic) bond motifs is 1. The maximum atomic E-state index is 12.8. The lowest BCUT2D eigenvalue weighted by molar-refractivity contribution is -0.118. The molecule has 3 aromatic rings. The van der Waals surface area contributed by atoms with Crippen molar-refractivity contribution in [1.29, 1.82) is 0 Å². The largest absolute Gasteiger partial charge is 0.502 e. The minimum Gasteiger partial charge on any atom is -0.502 e. The number of benzene rings is 1. The molecule has 2 aromatic heterocycles. The monoisotopic (exact) mass is 425 g/mol. The molecule has 1 saturated heterocycles. The summed E-state index contributed by atoms with van der Waals surface area (Å²) >= 11 is 0. The molecule has 1 amide bonds. The van der Waals surface area contributed by atoms with Gasteiger partial charge in [0.15, 0.2) is 5.76 Å². The molecular formula is C22H23N3O6. The van der Waals surface area contributed by atoms with Crippen LogP contribution in [0.25, 0.3) is 10.9 Å². The van der Waals surface area contributed by atoms with Gasteiger partial charge in [-0.1, -0.05) is 18.2 Å². The first-order valence-corrected chi connectivity index (χ1v) is 9.98. The van der Waals surface area contributed by atoms with Crippen LogP contribution >= 0.6 is 0 Å². The maximum absolute atomic E-state index is 12.8. The molecule has 162 valence electrons. The van der Waals surface area contributed by atoms with Gasteiger partial charge in [-0.2, -0.15) is 0 Å². The molecule has 1 aliphatic heterocycles. The molecule has 1 fully saturated rings. The lowest BCUT2D eigenvalue weighted by atomic mass is 9.92. The SMILES string of the molecule is NC(=O)C[C@@H](c1oc(CN2CCOCC2)cc(=O)c1O)c1cc2ccccc2[nH]c1=O. The van der Waals surface area contributed by atoms with Crippen LogP contribution in [0, 0.1) is 0 Å². The van der Waals surface area contributed by atoms with E-state index in [0.717, 1.165) is 5.39 Å². The third-order valence-electron chi connectivity index (χ3n) is 5.36. The molecule has 0 bridgehead atoms. The van der Waals surface area contributed by atoms with E-state index >= 15 is 0 Å². The first-order valence-electron chi connectivity index (χ1n) is 9.98. The smallest absolute Gasteiger partial charge is 0.252 e. The highest BCUT2D eigenvalue weighted by atomic mass is 16.5. The van der Waals surface area contributed by atoms with Gasteiger partial charge in [0.25, 0.3) is 5.56 Å². The number of aromatic hydroxyl groups is 1. The van der Waals surface area contributed by atoms with Gasteiger partial charge >= 0.3 is 0 Å². The number of nitrogens with two attached hydrogens (primary N) is 1. The van der Waals surface area contributed by atoms with E-state index in [0.29, 0.717) is 44.1 Å². The van der Waals surface area contributed by atoms with Gasteiger partial charge in [-0.15, -0.1) is 0 Å². The molecule has 9 heteroatoms. The van der Waals surface area contributed by atoms with Crippen molar-refractivity contribution in [3.63, 3.8) is 0 Å². The Labute approximate surface area is 177 Å². The summed E-state index contributed by atoms with van der Waals surface area (Å²) in [5.74, 6) is -2.16. The van der Waals surface area contributed by atoms with E-state index in [1.165, 1.54) is 6.07 Å². The summed E-state index contributed by atoms with van der Waals surface area (Å²) in [5, 5.41) is 11.2. The second-order valence-electron chi connectivity index (χ2n) is 7.54. The number of pyridine rings is 1. The lowest BCUT2D eigenvalue weighted by Crippen LogP contribution is -2.35. The van der Waals surface area contributed by atoms with E-state index in [1.807, 2.05) is 6.07 Å². The molecule has 1 aliphatic rings. The number of carbonyl (C=O) groups excluding carboxylic acids is 1. The summed E-state index contributed by atoms with van der Waals surface area (Å²) in [7, 11) is 0. The van der Waals surface area contributed by atoms with Gasteiger partial charge in [-0.05, 0) is 17.5 Å². The van der Waals surface area contributed by atoms with Crippen LogP contribution in [0.2, 0.25) is 0 Å². The summed E-state index contributed by atoms with van der Waals surface area (Å²) in [5.41, 5.74) is 5.14. The first kappa shape index (κ1) is 20.8. The summed E-state index contributed by atoms with van der Waals surface area (Å²) in [6.07, 6.45) is -0.307. The number of rotatable bonds is 6. The van der Waals surface area contributed by atoms with E-state index < -0.39 is 28.6 Å². The van der Waals surface area contributed by atoms with Crippen LogP contribution in [0.15, 0.2) is 50.4 Å². The highest BCUT2D eigenvalue weighted by Gasteiger charge is 2.28. The Balaban J connectivity index is 1.81. The van der Waals surface area contributed by atoms with Crippen molar-refractivity contribution >= 4 is 16.8 Å². The number of amides is 1. The fourth-order valence-corrected chi connectivity index (χ4v) is 3.82. The summed E-state index contributed by atoms with van der Waals surface area (Å²) < 4.78 is 11.2. The van der Waals surface area contributed by atoms with Crippen LogP contribution in [0.4, 0.5) is 0 Å². The van der Waals surface area contributed by atoms with Crippen LogP contribution in [0.5, 0.6) is 5.75 Å². The number of nitrogens with one attached hydrogen (secondary N) is 1. The summed E-state index contributed by atoms with van der Waals surface area (Å²) in [6.45, 7) is 2.84. The Morgan fingerprint density at radius 1 is 1.19 bits per heavy atom. The maximum Gasteiger partial charge on any atom is 0.252 e. The van der Waals surface area contributed by atoms with Crippen molar-refractivity contribution in [1.82, 2.24) is 9.88 Å². The minimum atomic E-state index is -1.01. The van der Waals surface area contributed by atoms with Gasteiger partial charge in [0, 0.05) is 36.7 Å². The molecule has 0 saturated carbocycles. The molecule has 0 spiro atoms. The van der Waals surface area contributed by atoms with E-state index in [2.05, 4.69) is 9.88 Å². The zero-order chi connectivity index (χ0) is 22.0.